The first-order valence-electron chi connectivity index (χ1n) is 10.0. The minimum atomic E-state index is -0.539. The summed E-state index contributed by atoms with van der Waals surface area (Å²) in [5.74, 6) is 0.276. The van der Waals surface area contributed by atoms with Gasteiger partial charge in [0, 0.05) is 0 Å². The highest BCUT2D eigenvalue weighted by Crippen LogP contribution is 2.40. The van der Waals surface area contributed by atoms with E-state index in [1.54, 1.807) is 6.92 Å². The molecule has 0 saturated heterocycles. The predicted octanol–water partition coefficient (Wildman–Crippen LogP) is 1.62. The minimum absolute atomic E-state index is 0.0871. The number of nitro benzene ring substituents is 1. The van der Waals surface area contributed by atoms with Crippen molar-refractivity contribution in [3.8, 4) is 17.2 Å². The summed E-state index contributed by atoms with van der Waals surface area (Å²) in [6.45, 7) is 4.54. The van der Waals surface area contributed by atoms with Crippen LogP contribution in [0.5, 0.6) is 17.2 Å². The van der Waals surface area contributed by atoms with Crippen LogP contribution in [-0.4, -0.2) is 91.2 Å². The topological polar surface area (TPSA) is 134 Å². The number of carbonyl (C=O) groups excluding carboxylic acids is 1. The number of carbonyl (C=O) groups is 1. The summed E-state index contributed by atoms with van der Waals surface area (Å²) in [6, 6.07) is 2.53. The number of nitrogens with zero attached hydrogens (tertiary/aromatic N) is 1. The standard InChI is InChI=1S/C20H31NO11/c1-4-31-19(22)15-30-10-9-28-6-5-27-7-8-29-11-12-32-18-14-16(21(23)24)13-17(25-2)20(18)26-3/h13-14H,4-12,15H2,1-3H3. The molecular weight excluding hydrogens is 430 g/mol. The van der Waals surface area contributed by atoms with Gasteiger partial charge in [-0.2, -0.15) is 0 Å². The van der Waals surface area contributed by atoms with Crippen LogP contribution >= 0.6 is 0 Å². The van der Waals surface area contributed by atoms with E-state index in [9.17, 15) is 14.9 Å². The fourth-order valence-corrected chi connectivity index (χ4v) is 2.36. The fraction of sp³-hybridized carbons (Fsp3) is 0.650. The maximum Gasteiger partial charge on any atom is 0.332 e. The molecule has 0 spiro atoms. The van der Waals surface area contributed by atoms with E-state index in [2.05, 4.69) is 0 Å². The largest absolute Gasteiger partial charge is 0.492 e. The lowest BCUT2D eigenvalue weighted by molar-refractivity contribution is -0.385. The zero-order valence-corrected chi connectivity index (χ0v) is 18.7. The van der Waals surface area contributed by atoms with Crippen molar-refractivity contribution in [3.05, 3.63) is 22.2 Å². The van der Waals surface area contributed by atoms with E-state index in [1.807, 2.05) is 0 Å². The van der Waals surface area contributed by atoms with Crippen molar-refractivity contribution < 1.29 is 47.6 Å². The molecule has 0 radical (unpaired) electrons. The third-order valence-corrected chi connectivity index (χ3v) is 3.77. The summed E-state index contributed by atoms with van der Waals surface area (Å²) in [7, 11) is 2.81. The van der Waals surface area contributed by atoms with E-state index in [-0.39, 0.29) is 42.8 Å². The Kier molecular flexibility index (Phi) is 14.5. The molecule has 182 valence electrons. The smallest absolute Gasteiger partial charge is 0.332 e. The van der Waals surface area contributed by atoms with Crippen molar-refractivity contribution in [2.45, 2.75) is 6.92 Å². The highest BCUT2D eigenvalue weighted by molar-refractivity contribution is 5.70. The van der Waals surface area contributed by atoms with Gasteiger partial charge in [0.1, 0.15) is 13.2 Å². The molecule has 32 heavy (non-hydrogen) atoms. The van der Waals surface area contributed by atoms with E-state index in [0.717, 1.165) is 0 Å². The summed E-state index contributed by atoms with van der Waals surface area (Å²) in [5, 5.41) is 11.0. The van der Waals surface area contributed by atoms with E-state index < -0.39 is 10.9 Å². The molecule has 0 heterocycles. The Morgan fingerprint density at radius 3 is 1.88 bits per heavy atom. The maximum atomic E-state index is 11.0. The Morgan fingerprint density at radius 2 is 1.38 bits per heavy atom. The number of esters is 1. The number of nitro groups is 1. The van der Waals surface area contributed by atoms with Crippen molar-refractivity contribution in [3.63, 3.8) is 0 Å². The summed E-state index contributed by atoms with van der Waals surface area (Å²) in [4.78, 5) is 21.5. The van der Waals surface area contributed by atoms with Gasteiger partial charge in [0.2, 0.25) is 5.75 Å². The quantitative estimate of drug-likeness (QED) is 0.129. The first kappa shape index (κ1) is 27.4. The van der Waals surface area contributed by atoms with Gasteiger partial charge < -0.3 is 37.9 Å². The molecule has 1 aromatic carbocycles. The molecule has 0 aliphatic heterocycles. The zero-order valence-electron chi connectivity index (χ0n) is 18.7. The van der Waals surface area contributed by atoms with Crippen LogP contribution in [0.1, 0.15) is 6.92 Å². The van der Waals surface area contributed by atoms with E-state index in [4.69, 9.17) is 37.9 Å². The lowest BCUT2D eigenvalue weighted by atomic mass is 10.2. The van der Waals surface area contributed by atoms with Crippen LogP contribution in [0.4, 0.5) is 5.69 Å². The first-order chi connectivity index (χ1) is 15.5. The van der Waals surface area contributed by atoms with Crippen molar-refractivity contribution in [1.82, 2.24) is 0 Å². The van der Waals surface area contributed by atoms with Gasteiger partial charge in [-0.3, -0.25) is 10.1 Å². The van der Waals surface area contributed by atoms with Gasteiger partial charge in [0.05, 0.1) is 84.1 Å². The molecule has 1 rings (SSSR count). The molecular formula is C20H31NO11. The molecule has 0 bridgehead atoms. The third-order valence-electron chi connectivity index (χ3n) is 3.77. The maximum absolute atomic E-state index is 11.0. The van der Waals surface area contributed by atoms with Gasteiger partial charge in [-0.25, -0.2) is 4.79 Å². The van der Waals surface area contributed by atoms with Crippen molar-refractivity contribution in [1.29, 1.82) is 0 Å². The second-order valence-electron chi connectivity index (χ2n) is 5.98. The number of non-ortho nitro benzene ring substituents is 1. The highest BCUT2D eigenvalue weighted by atomic mass is 16.6. The van der Waals surface area contributed by atoms with Crippen LogP contribution in [0.3, 0.4) is 0 Å². The Balaban J connectivity index is 2.08. The Bertz CT molecular complexity index is 684. The summed E-state index contributed by atoms with van der Waals surface area (Å²) < 4.78 is 41.8. The van der Waals surface area contributed by atoms with Gasteiger partial charge in [-0.15, -0.1) is 0 Å². The molecule has 0 saturated carbocycles. The number of hydrogen-bond donors (Lipinski definition) is 0. The molecule has 12 heteroatoms. The van der Waals surface area contributed by atoms with Gasteiger partial charge in [-0.1, -0.05) is 0 Å². The molecule has 0 aliphatic rings. The summed E-state index contributed by atoms with van der Waals surface area (Å²) >= 11 is 0. The van der Waals surface area contributed by atoms with E-state index in [0.29, 0.717) is 46.2 Å². The lowest BCUT2D eigenvalue weighted by Crippen LogP contribution is -2.16. The van der Waals surface area contributed by atoms with Crippen LogP contribution in [0, 0.1) is 10.1 Å². The Morgan fingerprint density at radius 1 is 0.844 bits per heavy atom. The zero-order chi connectivity index (χ0) is 23.6. The Hall–Kier alpha value is -2.67. The average molecular weight is 461 g/mol. The second kappa shape index (κ2) is 17.0. The van der Waals surface area contributed by atoms with Crippen LogP contribution in [0.15, 0.2) is 12.1 Å². The molecule has 0 aliphatic carbocycles. The van der Waals surface area contributed by atoms with Crippen molar-refractivity contribution in [2.75, 3.05) is 80.3 Å². The summed E-state index contributed by atoms with van der Waals surface area (Å²) in [6.07, 6.45) is 0. The molecule has 0 aromatic heterocycles. The third kappa shape index (κ3) is 11.1. The molecule has 0 fully saturated rings. The number of hydrogen-bond acceptors (Lipinski definition) is 11. The van der Waals surface area contributed by atoms with Gasteiger partial charge in [0.15, 0.2) is 11.5 Å². The SMILES string of the molecule is CCOC(=O)COCCOCCOCCOCCOc1cc([N+](=O)[O-])cc(OC)c1OC. The van der Waals surface area contributed by atoms with Crippen molar-refractivity contribution >= 4 is 11.7 Å². The lowest BCUT2D eigenvalue weighted by Gasteiger charge is -2.13. The van der Waals surface area contributed by atoms with Gasteiger partial charge in [-0.05, 0) is 6.92 Å². The molecule has 0 unspecified atom stereocenters. The van der Waals surface area contributed by atoms with Crippen LogP contribution in [0.25, 0.3) is 0 Å². The minimum Gasteiger partial charge on any atom is -0.492 e. The first-order valence-corrected chi connectivity index (χ1v) is 10.0. The molecule has 12 nitrogen and oxygen atoms in total. The van der Waals surface area contributed by atoms with Gasteiger partial charge in [0.25, 0.3) is 5.69 Å². The van der Waals surface area contributed by atoms with Crippen molar-refractivity contribution in [2.24, 2.45) is 0 Å². The number of methoxy groups -OCH3 is 2. The fourth-order valence-electron chi connectivity index (χ4n) is 2.36. The monoisotopic (exact) mass is 461 g/mol. The Labute approximate surface area is 186 Å². The molecule has 0 amide bonds. The highest BCUT2D eigenvalue weighted by Gasteiger charge is 2.19. The van der Waals surface area contributed by atoms with E-state index >= 15 is 0 Å². The predicted molar refractivity (Wildman–Crippen MR) is 112 cm³/mol. The number of benzene rings is 1. The van der Waals surface area contributed by atoms with Crippen LogP contribution in [-0.2, 0) is 28.5 Å². The van der Waals surface area contributed by atoms with Crippen LogP contribution in [0.2, 0.25) is 0 Å². The average Bonchev–Trinajstić information content (AvgIpc) is 2.78. The molecule has 0 N–H and O–H groups in total. The number of ether oxygens (including phenoxy) is 8. The molecule has 1 aromatic rings. The molecule has 0 atom stereocenters. The summed E-state index contributed by atoms with van der Waals surface area (Å²) in [5.41, 5.74) is -0.167. The van der Waals surface area contributed by atoms with E-state index in [1.165, 1.54) is 26.4 Å². The number of rotatable bonds is 19. The van der Waals surface area contributed by atoms with Crippen LogP contribution < -0.4 is 14.2 Å². The van der Waals surface area contributed by atoms with Gasteiger partial charge >= 0.3 is 5.97 Å². The second-order valence-corrected chi connectivity index (χ2v) is 5.98. The normalized spacial score (nSPS) is 10.6.